The normalized spacial score (nSPS) is 16.5. The van der Waals surface area contributed by atoms with Gasteiger partial charge in [-0.25, -0.2) is 4.79 Å². The van der Waals surface area contributed by atoms with Gasteiger partial charge in [-0.1, -0.05) is 0 Å². The van der Waals surface area contributed by atoms with Crippen molar-refractivity contribution < 1.29 is 19.4 Å². The van der Waals surface area contributed by atoms with E-state index in [0.717, 1.165) is 18.1 Å². The van der Waals surface area contributed by atoms with Gasteiger partial charge in [-0.15, -0.1) is 11.3 Å². The van der Waals surface area contributed by atoms with Crippen LogP contribution in [-0.2, 0) is 4.74 Å². The summed E-state index contributed by atoms with van der Waals surface area (Å²) in [6.07, 6.45) is 1.16. The number of carbonyl (C=O) groups is 1. The third kappa shape index (κ3) is 2.62. The molecule has 1 aliphatic rings. The van der Waals surface area contributed by atoms with Gasteiger partial charge in [0, 0.05) is 13.1 Å². The predicted octanol–water partition coefficient (Wildman–Crippen LogP) is 1.09. The molecular weight excluding hydrogens is 268 g/mol. The summed E-state index contributed by atoms with van der Waals surface area (Å²) in [5.74, 6) is 0.0610. The standard InChI is InChI=1S/C12H18N2O4S/c1-17-9-8(13)10(12(16)18-2)19-11(9)14-5-3-7(15)4-6-14/h7,15H,3-6,13H2,1-2H3. The van der Waals surface area contributed by atoms with Gasteiger partial charge in [-0.3, -0.25) is 0 Å². The molecule has 0 unspecified atom stereocenters. The zero-order chi connectivity index (χ0) is 14.0. The van der Waals surface area contributed by atoms with Crippen LogP contribution in [0.5, 0.6) is 5.75 Å². The monoisotopic (exact) mass is 286 g/mol. The Hall–Kier alpha value is -1.47. The maximum absolute atomic E-state index is 11.6. The lowest BCUT2D eigenvalue weighted by atomic mass is 10.1. The Balaban J connectivity index is 2.32. The van der Waals surface area contributed by atoms with Crippen LogP contribution in [0.3, 0.4) is 0 Å². The number of nitrogens with two attached hydrogens (primary N) is 1. The molecular formula is C12H18N2O4S. The highest BCUT2D eigenvalue weighted by atomic mass is 32.1. The number of anilines is 2. The van der Waals surface area contributed by atoms with E-state index in [1.54, 1.807) is 0 Å². The van der Waals surface area contributed by atoms with Crippen LogP contribution >= 0.6 is 11.3 Å². The molecule has 1 aliphatic heterocycles. The van der Waals surface area contributed by atoms with E-state index in [1.165, 1.54) is 25.6 Å². The zero-order valence-electron chi connectivity index (χ0n) is 11.0. The quantitative estimate of drug-likeness (QED) is 0.809. The summed E-state index contributed by atoms with van der Waals surface area (Å²) in [4.78, 5) is 14.1. The number of rotatable bonds is 3. The first-order chi connectivity index (χ1) is 9.08. The molecule has 0 aromatic carbocycles. The van der Waals surface area contributed by atoms with Gasteiger partial charge in [0.15, 0.2) is 5.75 Å². The zero-order valence-corrected chi connectivity index (χ0v) is 11.8. The molecule has 0 atom stereocenters. The van der Waals surface area contributed by atoms with Crippen LogP contribution in [0.25, 0.3) is 0 Å². The number of aliphatic hydroxyl groups is 1. The average Bonchev–Trinajstić information content (AvgIpc) is 2.75. The maximum atomic E-state index is 11.6. The van der Waals surface area contributed by atoms with E-state index in [-0.39, 0.29) is 6.10 Å². The van der Waals surface area contributed by atoms with Crippen LogP contribution in [0.15, 0.2) is 0 Å². The number of carbonyl (C=O) groups excluding carboxylic acids is 1. The molecule has 1 aromatic heterocycles. The number of esters is 1. The number of aliphatic hydroxyl groups excluding tert-OH is 1. The van der Waals surface area contributed by atoms with Gasteiger partial charge >= 0.3 is 5.97 Å². The molecule has 0 radical (unpaired) electrons. The molecule has 0 bridgehead atoms. The first-order valence-corrected chi connectivity index (χ1v) is 6.87. The first-order valence-electron chi connectivity index (χ1n) is 6.06. The van der Waals surface area contributed by atoms with Gasteiger partial charge in [-0.2, -0.15) is 0 Å². The van der Waals surface area contributed by atoms with Crippen LogP contribution in [0.1, 0.15) is 22.5 Å². The summed E-state index contributed by atoms with van der Waals surface area (Å²) in [5, 5.41) is 10.4. The van der Waals surface area contributed by atoms with E-state index in [2.05, 4.69) is 4.90 Å². The summed E-state index contributed by atoms with van der Waals surface area (Å²) in [7, 11) is 2.85. The second-order valence-corrected chi connectivity index (χ2v) is 5.39. The molecule has 19 heavy (non-hydrogen) atoms. The van der Waals surface area contributed by atoms with Gasteiger partial charge in [0.1, 0.15) is 15.6 Å². The summed E-state index contributed by atoms with van der Waals surface area (Å²) in [6.45, 7) is 1.44. The summed E-state index contributed by atoms with van der Waals surface area (Å²) in [6, 6.07) is 0. The SMILES string of the molecule is COC(=O)c1sc(N2CCC(O)CC2)c(OC)c1N. The lowest BCUT2D eigenvalue weighted by molar-refractivity contribution is 0.0607. The van der Waals surface area contributed by atoms with Crippen molar-refractivity contribution in [2.75, 3.05) is 37.9 Å². The number of hydrogen-bond donors (Lipinski definition) is 2. The van der Waals surface area contributed by atoms with Crippen LogP contribution in [0.2, 0.25) is 0 Å². The number of thiophene rings is 1. The van der Waals surface area contributed by atoms with Crippen LogP contribution in [0.4, 0.5) is 10.7 Å². The smallest absolute Gasteiger partial charge is 0.350 e. The van der Waals surface area contributed by atoms with E-state index in [4.69, 9.17) is 15.2 Å². The minimum Gasteiger partial charge on any atom is -0.492 e. The van der Waals surface area contributed by atoms with Gasteiger partial charge < -0.3 is 25.2 Å². The minimum atomic E-state index is -0.455. The first kappa shape index (κ1) is 14.0. The van der Waals surface area contributed by atoms with Crippen molar-refractivity contribution in [2.24, 2.45) is 0 Å². The maximum Gasteiger partial charge on any atom is 0.350 e. The fourth-order valence-electron chi connectivity index (χ4n) is 2.14. The highest BCUT2D eigenvalue weighted by Gasteiger charge is 2.27. The van der Waals surface area contributed by atoms with E-state index < -0.39 is 5.97 Å². The summed E-state index contributed by atoms with van der Waals surface area (Å²) >= 11 is 1.27. The molecule has 0 aliphatic carbocycles. The third-order valence-corrected chi connectivity index (χ3v) is 4.44. The largest absolute Gasteiger partial charge is 0.492 e. The summed E-state index contributed by atoms with van der Waals surface area (Å²) < 4.78 is 10.0. The van der Waals surface area contributed by atoms with Crippen molar-refractivity contribution in [3.63, 3.8) is 0 Å². The second kappa shape index (κ2) is 5.66. The topological polar surface area (TPSA) is 85.0 Å². The van der Waals surface area contributed by atoms with Crippen LogP contribution < -0.4 is 15.4 Å². The van der Waals surface area contributed by atoms with E-state index in [9.17, 15) is 9.90 Å². The lowest BCUT2D eigenvalue weighted by Gasteiger charge is -2.30. The molecule has 6 nitrogen and oxygen atoms in total. The van der Waals surface area contributed by atoms with Gasteiger partial charge in [-0.05, 0) is 12.8 Å². The fourth-order valence-corrected chi connectivity index (χ4v) is 3.30. The Labute approximate surface area is 115 Å². The molecule has 7 heteroatoms. The number of piperidine rings is 1. The van der Waals surface area contributed by atoms with Crippen LogP contribution in [0, 0.1) is 0 Å². The Morgan fingerprint density at radius 3 is 2.58 bits per heavy atom. The predicted molar refractivity (Wildman–Crippen MR) is 74.1 cm³/mol. The average molecular weight is 286 g/mol. The van der Waals surface area contributed by atoms with Crippen molar-refractivity contribution in [3.05, 3.63) is 4.88 Å². The number of methoxy groups -OCH3 is 2. The third-order valence-electron chi connectivity index (χ3n) is 3.21. The molecule has 2 heterocycles. The fraction of sp³-hybridized carbons (Fsp3) is 0.583. The van der Waals surface area contributed by atoms with E-state index in [1.807, 2.05) is 0 Å². The van der Waals surface area contributed by atoms with Crippen molar-refractivity contribution in [2.45, 2.75) is 18.9 Å². The summed E-state index contributed by atoms with van der Waals surface area (Å²) in [5.41, 5.74) is 6.25. The molecule has 1 aromatic rings. The van der Waals surface area contributed by atoms with Gasteiger partial charge in [0.05, 0.1) is 20.3 Å². The van der Waals surface area contributed by atoms with Crippen molar-refractivity contribution in [1.29, 1.82) is 0 Å². The highest BCUT2D eigenvalue weighted by molar-refractivity contribution is 7.19. The Morgan fingerprint density at radius 2 is 2.05 bits per heavy atom. The second-order valence-electron chi connectivity index (χ2n) is 4.39. The molecule has 3 N–H and O–H groups in total. The van der Waals surface area contributed by atoms with Crippen molar-refractivity contribution >= 4 is 28.0 Å². The Morgan fingerprint density at radius 1 is 1.42 bits per heavy atom. The van der Waals surface area contributed by atoms with Crippen molar-refractivity contribution in [3.8, 4) is 5.75 Å². The number of ether oxygens (including phenoxy) is 2. The number of nitrogen functional groups attached to an aromatic ring is 1. The number of hydrogen-bond acceptors (Lipinski definition) is 7. The molecule has 0 amide bonds. The van der Waals surface area contributed by atoms with Gasteiger partial charge in [0.25, 0.3) is 0 Å². The van der Waals surface area contributed by atoms with Crippen LogP contribution in [-0.4, -0.2) is 44.5 Å². The van der Waals surface area contributed by atoms with Gasteiger partial charge in [0.2, 0.25) is 0 Å². The number of nitrogens with zero attached hydrogens (tertiary/aromatic N) is 1. The Kier molecular flexibility index (Phi) is 4.16. The van der Waals surface area contributed by atoms with Crippen molar-refractivity contribution in [1.82, 2.24) is 0 Å². The Bertz CT molecular complexity index is 467. The van der Waals surface area contributed by atoms with E-state index >= 15 is 0 Å². The lowest BCUT2D eigenvalue weighted by Crippen LogP contribution is -2.35. The molecule has 0 spiro atoms. The molecule has 2 rings (SSSR count). The highest BCUT2D eigenvalue weighted by Crippen LogP contribution is 2.45. The van der Waals surface area contributed by atoms with E-state index in [0.29, 0.717) is 29.2 Å². The molecule has 1 fully saturated rings. The molecule has 1 saturated heterocycles. The molecule has 106 valence electrons. The molecule has 0 saturated carbocycles. The minimum absolute atomic E-state index is 0.250.